The van der Waals surface area contributed by atoms with Crippen molar-refractivity contribution in [2.75, 3.05) is 45.7 Å². The zero-order valence-electron chi connectivity index (χ0n) is 11.6. The van der Waals surface area contributed by atoms with E-state index in [0.717, 1.165) is 30.8 Å². The van der Waals surface area contributed by atoms with Gasteiger partial charge >= 0.3 is 0 Å². The van der Waals surface area contributed by atoms with Crippen molar-refractivity contribution in [1.82, 2.24) is 4.90 Å². The fourth-order valence-corrected chi connectivity index (χ4v) is 2.04. The molecule has 1 rings (SSSR count). The van der Waals surface area contributed by atoms with Gasteiger partial charge in [0.05, 0.1) is 0 Å². The van der Waals surface area contributed by atoms with E-state index in [2.05, 4.69) is 23.9 Å². The molecule has 4 heteroatoms. The van der Waals surface area contributed by atoms with Gasteiger partial charge in [-0.05, 0) is 52.2 Å². The van der Waals surface area contributed by atoms with Crippen molar-refractivity contribution in [2.45, 2.75) is 12.8 Å². The first-order valence-electron chi connectivity index (χ1n) is 6.39. The summed E-state index contributed by atoms with van der Waals surface area (Å²) in [4.78, 5) is 4.26. The number of hydrogen-bond acceptors (Lipinski definition) is 3. The molecule has 3 nitrogen and oxygen atoms in total. The van der Waals surface area contributed by atoms with Crippen molar-refractivity contribution in [3.05, 3.63) is 29.6 Å². The first kappa shape index (κ1) is 14.9. The first-order valence-corrected chi connectivity index (χ1v) is 6.39. The number of halogens is 1. The van der Waals surface area contributed by atoms with Crippen LogP contribution < -0.4 is 10.6 Å². The van der Waals surface area contributed by atoms with Crippen molar-refractivity contribution in [3.8, 4) is 0 Å². The van der Waals surface area contributed by atoms with E-state index < -0.39 is 0 Å². The largest absolute Gasteiger partial charge is 0.374 e. The molecule has 0 fully saturated rings. The number of nitrogens with two attached hydrogens (primary N) is 1. The number of benzene rings is 1. The quantitative estimate of drug-likeness (QED) is 0.803. The fraction of sp³-hybridized carbons (Fsp3) is 0.571. The highest BCUT2D eigenvalue weighted by Crippen LogP contribution is 2.22. The number of rotatable bonds is 7. The topological polar surface area (TPSA) is 32.5 Å². The van der Waals surface area contributed by atoms with E-state index in [1.807, 2.05) is 13.1 Å². The lowest BCUT2D eigenvalue weighted by atomic mass is 10.1. The van der Waals surface area contributed by atoms with Crippen molar-refractivity contribution >= 4 is 5.69 Å². The minimum atomic E-state index is -0.155. The van der Waals surface area contributed by atoms with Crippen LogP contribution in [0.25, 0.3) is 0 Å². The summed E-state index contributed by atoms with van der Waals surface area (Å²) in [6, 6.07) is 5.22. The van der Waals surface area contributed by atoms with E-state index in [1.54, 1.807) is 6.07 Å². The Morgan fingerprint density at radius 1 is 1.17 bits per heavy atom. The van der Waals surface area contributed by atoms with Gasteiger partial charge in [-0.3, -0.25) is 0 Å². The molecule has 0 saturated carbocycles. The lowest BCUT2D eigenvalue weighted by Crippen LogP contribution is -2.24. The van der Waals surface area contributed by atoms with Crippen molar-refractivity contribution < 1.29 is 4.39 Å². The van der Waals surface area contributed by atoms with Crippen LogP contribution in [0, 0.1) is 5.82 Å². The molecule has 18 heavy (non-hydrogen) atoms. The molecular formula is C14H24FN3. The minimum Gasteiger partial charge on any atom is -0.374 e. The van der Waals surface area contributed by atoms with Gasteiger partial charge in [-0.2, -0.15) is 0 Å². The first-order chi connectivity index (χ1) is 8.56. The van der Waals surface area contributed by atoms with Gasteiger partial charge in [0.1, 0.15) is 5.82 Å². The monoisotopic (exact) mass is 253 g/mol. The molecule has 0 aliphatic rings. The second-order valence-electron chi connectivity index (χ2n) is 4.85. The van der Waals surface area contributed by atoms with Crippen LogP contribution in [0.1, 0.15) is 12.0 Å². The summed E-state index contributed by atoms with van der Waals surface area (Å²) in [5.74, 6) is -0.155. The highest BCUT2D eigenvalue weighted by molar-refractivity contribution is 5.53. The van der Waals surface area contributed by atoms with Gasteiger partial charge in [-0.1, -0.05) is 6.07 Å². The van der Waals surface area contributed by atoms with E-state index in [1.165, 1.54) is 6.07 Å². The Bertz CT molecular complexity index is 366. The van der Waals surface area contributed by atoms with Crippen molar-refractivity contribution in [3.63, 3.8) is 0 Å². The SMILES string of the molecule is CN(C)CCCN(C)c1cccc(F)c1CCN. The Kier molecular flexibility index (Phi) is 6.09. The van der Waals surface area contributed by atoms with Gasteiger partial charge in [0.25, 0.3) is 0 Å². The molecule has 0 aliphatic heterocycles. The van der Waals surface area contributed by atoms with Gasteiger partial charge in [0.2, 0.25) is 0 Å². The van der Waals surface area contributed by atoms with Crippen molar-refractivity contribution in [2.24, 2.45) is 5.73 Å². The second kappa shape index (κ2) is 7.34. The Morgan fingerprint density at radius 3 is 2.50 bits per heavy atom. The van der Waals surface area contributed by atoms with Crippen LogP contribution in [0.5, 0.6) is 0 Å². The van der Waals surface area contributed by atoms with Crippen LogP contribution in [0.3, 0.4) is 0 Å². The van der Waals surface area contributed by atoms with Gasteiger partial charge in [0, 0.05) is 24.8 Å². The average Bonchev–Trinajstić information content (AvgIpc) is 2.31. The van der Waals surface area contributed by atoms with Crippen molar-refractivity contribution in [1.29, 1.82) is 0 Å². The Labute approximate surface area is 109 Å². The normalized spacial score (nSPS) is 11.0. The van der Waals surface area contributed by atoms with E-state index in [9.17, 15) is 4.39 Å². The predicted octanol–water partition coefficient (Wildman–Crippen LogP) is 1.71. The van der Waals surface area contributed by atoms with Gasteiger partial charge in [-0.25, -0.2) is 4.39 Å². The third-order valence-electron chi connectivity index (χ3n) is 3.00. The van der Waals surface area contributed by atoms with Crippen LogP contribution >= 0.6 is 0 Å². The third kappa shape index (κ3) is 4.27. The van der Waals surface area contributed by atoms with E-state index in [4.69, 9.17) is 5.73 Å². The predicted molar refractivity (Wildman–Crippen MR) is 75.6 cm³/mol. The zero-order chi connectivity index (χ0) is 13.5. The standard InChI is InChI=1S/C14H24FN3/c1-17(2)10-5-11-18(3)14-7-4-6-13(15)12(14)8-9-16/h4,6-7H,5,8-11,16H2,1-3H3. The summed E-state index contributed by atoms with van der Waals surface area (Å²) in [5.41, 5.74) is 7.23. The third-order valence-corrected chi connectivity index (χ3v) is 3.00. The average molecular weight is 253 g/mol. The molecule has 0 aliphatic carbocycles. The maximum Gasteiger partial charge on any atom is 0.128 e. The van der Waals surface area contributed by atoms with Gasteiger partial charge in [-0.15, -0.1) is 0 Å². The number of anilines is 1. The lowest BCUT2D eigenvalue weighted by molar-refractivity contribution is 0.401. The minimum absolute atomic E-state index is 0.155. The maximum absolute atomic E-state index is 13.8. The molecule has 0 aromatic heterocycles. The molecule has 0 heterocycles. The summed E-state index contributed by atoms with van der Waals surface area (Å²) in [6.07, 6.45) is 1.64. The maximum atomic E-state index is 13.8. The molecule has 2 N–H and O–H groups in total. The molecule has 102 valence electrons. The summed E-state index contributed by atoms with van der Waals surface area (Å²) in [6.45, 7) is 2.42. The Hall–Kier alpha value is -1.13. The molecular weight excluding hydrogens is 229 g/mol. The number of hydrogen-bond donors (Lipinski definition) is 1. The molecule has 0 radical (unpaired) electrons. The summed E-state index contributed by atoms with van der Waals surface area (Å²) >= 11 is 0. The summed E-state index contributed by atoms with van der Waals surface area (Å²) in [5, 5.41) is 0. The molecule has 0 unspecified atom stereocenters. The van der Waals surface area contributed by atoms with E-state index in [0.29, 0.717) is 13.0 Å². The highest BCUT2D eigenvalue weighted by Gasteiger charge is 2.11. The zero-order valence-corrected chi connectivity index (χ0v) is 11.6. The molecule has 0 atom stereocenters. The number of nitrogens with zero attached hydrogens (tertiary/aromatic N) is 2. The second-order valence-corrected chi connectivity index (χ2v) is 4.85. The summed E-state index contributed by atoms with van der Waals surface area (Å²) in [7, 11) is 6.12. The van der Waals surface area contributed by atoms with E-state index >= 15 is 0 Å². The van der Waals surface area contributed by atoms with Gasteiger partial charge in [0.15, 0.2) is 0 Å². The smallest absolute Gasteiger partial charge is 0.128 e. The van der Waals surface area contributed by atoms with Crippen LogP contribution in [0.4, 0.5) is 10.1 Å². The fourth-order valence-electron chi connectivity index (χ4n) is 2.04. The molecule has 0 amide bonds. The molecule has 0 saturated heterocycles. The molecule has 1 aromatic rings. The van der Waals surface area contributed by atoms with Gasteiger partial charge < -0.3 is 15.5 Å². The van der Waals surface area contributed by atoms with Crippen LogP contribution in [0.2, 0.25) is 0 Å². The Morgan fingerprint density at radius 2 is 1.89 bits per heavy atom. The molecule has 0 bridgehead atoms. The highest BCUT2D eigenvalue weighted by atomic mass is 19.1. The lowest BCUT2D eigenvalue weighted by Gasteiger charge is -2.23. The molecule has 1 aromatic carbocycles. The summed E-state index contributed by atoms with van der Waals surface area (Å²) < 4.78 is 13.8. The Balaban J connectivity index is 2.71. The van der Waals surface area contributed by atoms with Crippen LogP contribution in [-0.4, -0.2) is 45.7 Å². The van der Waals surface area contributed by atoms with E-state index in [-0.39, 0.29) is 5.82 Å². The van der Waals surface area contributed by atoms with Crippen LogP contribution in [0.15, 0.2) is 18.2 Å². The van der Waals surface area contributed by atoms with Crippen LogP contribution in [-0.2, 0) is 6.42 Å². The molecule has 0 spiro atoms.